The summed E-state index contributed by atoms with van der Waals surface area (Å²) in [5.41, 5.74) is 1.80. The lowest BCUT2D eigenvalue weighted by molar-refractivity contribution is 0.0611. The molecule has 1 unspecified atom stereocenters. The van der Waals surface area contributed by atoms with E-state index in [2.05, 4.69) is 5.32 Å². The number of fused-ring (bicyclic) bond motifs is 1. The van der Waals surface area contributed by atoms with Crippen molar-refractivity contribution in [2.45, 2.75) is 12.6 Å². The Bertz CT molecular complexity index is 699. The lowest BCUT2D eigenvalue weighted by Gasteiger charge is -2.45. The third-order valence-corrected chi connectivity index (χ3v) is 4.14. The number of hydrogen-bond donors (Lipinski definition) is 1. The molecule has 0 fully saturated rings. The Kier molecular flexibility index (Phi) is 3.09. The third-order valence-electron chi connectivity index (χ3n) is 4.14. The van der Waals surface area contributed by atoms with Crippen LogP contribution >= 0.6 is 0 Å². The van der Waals surface area contributed by atoms with Crippen LogP contribution in [0, 0.1) is 0 Å². The fraction of sp³-hybridized carbons (Fsp3) is 0.235. The zero-order chi connectivity index (χ0) is 15.0. The average molecular weight is 282 g/mol. The molecule has 2 aromatic rings. The molecule has 4 heteroatoms. The van der Waals surface area contributed by atoms with Crippen LogP contribution in [0.4, 0.5) is 5.69 Å². The highest BCUT2D eigenvalue weighted by molar-refractivity contribution is 6.02. The van der Waals surface area contributed by atoms with E-state index in [-0.39, 0.29) is 5.91 Å². The summed E-state index contributed by atoms with van der Waals surface area (Å²) in [5.74, 6) is 0.754. The SMILES string of the molecule is COc1ccccc1C1(C)Nc2ccccc2C(=O)N1C. The van der Waals surface area contributed by atoms with Crippen molar-refractivity contribution in [1.82, 2.24) is 4.90 Å². The van der Waals surface area contributed by atoms with Gasteiger partial charge in [0.25, 0.3) is 5.91 Å². The third kappa shape index (κ3) is 1.95. The first-order valence-electron chi connectivity index (χ1n) is 6.87. The van der Waals surface area contributed by atoms with Crippen molar-refractivity contribution in [3.05, 3.63) is 59.7 Å². The molecule has 0 spiro atoms. The minimum Gasteiger partial charge on any atom is -0.496 e. The van der Waals surface area contributed by atoms with Crippen molar-refractivity contribution >= 4 is 11.6 Å². The van der Waals surface area contributed by atoms with Crippen molar-refractivity contribution < 1.29 is 9.53 Å². The van der Waals surface area contributed by atoms with E-state index in [0.29, 0.717) is 5.56 Å². The number of rotatable bonds is 2. The fourth-order valence-corrected chi connectivity index (χ4v) is 2.80. The van der Waals surface area contributed by atoms with E-state index in [1.54, 1.807) is 19.1 Å². The van der Waals surface area contributed by atoms with Crippen LogP contribution in [0.3, 0.4) is 0 Å². The topological polar surface area (TPSA) is 41.6 Å². The number of hydrogen-bond acceptors (Lipinski definition) is 3. The Morgan fingerprint density at radius 3 is 2.52 bits per heavy atom. The van der Waals surface area contributed by atoms with Crippen LogP contribution in [0.5, 0.6) is 5.75 Å². The molecule has 1 atom stereocenters. The normalized spacial score (nSPS) is 20.7. The number of anilines is 1. The van der Waals surface area contributed by atoms with Gasteiger partial charge < -0.3 is 15.0 Å². The summed E-state index contributed by atoms with van der Waals surface area (Å²) < 4.78 is 5.46. The van der Waals surface area contributed by atoms with Crippen LogP contribution in [0.1, 0.15) is 22.8 Å². The molecule has 0 bridgehead atoms. The molecule has 1 aliphatic heterocycles. The molecule has 0 aliphatic carbocycles. The van der Waals surface area contributed by atoms with Crippen LogP contribution in [-0.4, -0.2) is 25.0 Å². The minimum absolute atomic E-state index is 0.00208. The standard InChI is InChI=1S/C17H18N2O2/c1-17(13-9-5-7-11-15(13)21-3)18-14-10-6-4-8-12(14)16(20)19(17)2/h4-11,18H,1-3H3. The number of methoxy groups -OCH3 is 1. The number of carbonyl (C=O) groups is 1. The molecular formula is C17H18N2O2. The monoisotopic (exact) mass is 282 g/mol. The summed E-state index contributed by atoms with van der Waals surface area (Å²) in [6.07, 6.45) is 0. The van der Waals surface area contributed by atoms with Gasteiger partial charge in [-0.3, -0.25) is 4.79 Å². The van der Waals surface area contributed by atoms with Gasteiger partial charge in [-0.2, -0.15) is 0 Å². The first-order valence-corrected chi connectivity index (χ1v) is 6.87. The molecule has 2 aromatic carbocycles. The van der Waals surface area contributed by atoms with Gasteiger partial charge in [-0.1, -0.05) is 30.3 Å². The Balaban J connectivity index is 2.16. The van der Waals surface area contributed by atoms with Crippen molar-refractivity contribution in [3.63, 3.8) is 0 Å². The molecule has 0 saturated heterocycles. The maximum atomic E-state index is 12.7. The highest BCUT2D eigenvalue weighted by Gasteiger charge is 2.41. The maximum Gasteiger partial charge on any atom is 0.257 e. The molecule has 1 heterocycles. The zero-order valence-electron chi connectivity index (χ0n) is 12.4. The van der Waals surface area contributed by atoms with Gasteiger partial charge in [0, 0.05) is 18.3 Å². The van der Waals surface area contributed by atoms with Gasteiger partial charge in [0.05, 0.1) is 12.7 Å². The molecule has 3 rings (SSSR count). The maximum absolute atomic E-state index is 12.7. The summed E-state index contributed by atoms with van der Waals surface area (Å²) in [4.78, 5) is 14.4. The van der Waals surface area contributed by atoms with Gasteiger partial charge in [0.1, 0.15) is 11.4 Å². The summed E-state index contributed by atoms with van der Waals surface area (Å²) in [6, 6.07) is 15.3. The summed E-state index contributed by atoms with van der Waals surface area (Å²) in [5, 5.41) is 3.47. The molecule has 0 aromatic heterocycles. The van der Waals surface area contributed by atoms with Gasteiger partial charge >= 0.3 is 0 Å². The number of para-hydroxylation sites is 2. The van der Waals surface area contributed by atoms with Gasteiger partial charge in [-0.25, -0.2) is 0 Å². The number of carbonyl (C=O) groups excluding carboxylic acids is 1. The van der Waals surface area contributed by atoms with Crippen molar-refractivity contribution in [1.29, 1.82) is 0 Å². The predicted molar refractivity (Wildman–Crippen MR) is 82.5 cm³/mol. The van der Waals surface area contributed by atoms with Crippen molar-refractivity contribution in [2.24, 2.45) is 0 Å². The van der Waals surface area contributed by atoms with E-state index in [4.69, 9.17) is 4.74 Å². The number of amides is 1. The first-order chi connectivity index (χ1) is 10.1. The first kappa shape index (κ1) is 13.5. The molecule has 4 nitrogen and oxygen atoms in total. The van der Waals surface area contributed by atoms with E-state index in [1.807, 2.05) is 55.5 Å². The van der Waals surface area contributed by atoms with Gasteiger partial charge in [-0.15, -0.1) is 0 Å². The lowest BCUT2D eigenvalue weighted by Crippen LogP contribution is -2.53. The second kappa shape index (κ2) is 4.81. The predicted octanol–water partition coefficient (Wildman–Crippen LogP) is 3.07. The highest BCUT2D eigenvalue weighted by atomic mass is 16.5. The van der Waals surface area contributed by atoms with Crippen molar-refractivity contribution in [2.75, 3.05) is 19.5 Å². The number of ether oxygens (including phenoxy) is 1. The smallest absolute Gasteiger partial charge is 0.257 e. The fourth-order valence-electron chi connectivity index (χ4n) is 2.80. The van der Waals surface area contributed by atoms with E-state index in [9.17, 15) is 4.79 Å². The van der Waals surface area contributed by atoms with Gasteiger partial charge in [0.2, 0.25) is 0 Å². The van der Waals surface area contributed by atoms with Crippen LogP contribution in [0.15, 0.2) is 48.5 Å². The summed E-state index contributed by atoms with van der Waals surface area (Å²) in [6.45, 7) is 1.98. The molecular weight excluding hydrogens is 264 g/mol. The Morgan fingerprint density at radius 1 is 1.10 bits per heavy atom. The summed E-state index contributed by atoms with van der Waals surface area (Å²) in [7, 11) is 3.44. The minimum atomic E-state index is -0.655. The number of nitrogens with one attached hydrogen (secondary N) is 1. The number of nitrogens with zero attached hydrogens (tertiary/aromatic N) is 1. The average Bonchev–Trinajstić information content (AvgIpc) is 2.53. The Labute approximate surface area is 124 Å². The second-order valence-corrected chi connectivity index (χ2v) is 5.31. The molecule has 0 saturated carbocycles. The lowest BCUT2D eigenvalue weighted by atomic mass is 9.93. The zero-order valence-corrected chi connectivity index (χ0v) is 12.4. The second-order valence-electron chi connectivity index (χ2n) is 5.31. The molecule has 1 N–H and O–H groups in total. The van der Waals surface area contributed by atoms with Crippen molar-refractivity contribution in [3.8, 4) is 5.75 Å². The quantitative estimate of drug-likeness (QED) is 0.920. The molecule has 0 radical (unpaired) electrons. The Morgan fingerprint density at radius 2 is 1.76 bits per heavy atom. The van der Waals surface area contributed by atoms with Crippen LogP contribution < -0.4 is 10.1 Å². The molecule has 1 aliphatic rings. The molecule has 108 valence electrons. The van der Waals surface area contributed by atoms with E-state index in [0.717, 1.165) is 17.0 Å². The van der Waals surface area contributed by atoms with E-state index < -0.39 is 5.66 Å². The number of benzene rings is 2. The van der Waals surface area contributed by atoms with Gasteiger partial charge in [-0.05, 0) is 25.1 Å². The van der Waals surface area contributed by atoms with Crippen LogP contribution in [0.25, 0.3) is 0 Å². The Hall–Kier alpha value is -2.49. The molecule has 1 amide bonds. The van der Waals surface area contributed by atoms with Gasteiger partial charge in [0.15, 0.2) is 0 Å². The highest BCUT2D eigenvalue weighted by Crippen LogP contribution is 2.39. The van der Waals surface area contributed by atoms with Crippen LogP contribution in [0.2, 0.25) is 0 Å². The molecule has 21 heavy (non-hydrogen) atoms. The van der Waals surface area contributed by atoms with Crippen LogP contribution in [-0.2, 0) is 5.66 Å². The van der Waals surface area contributed by atoms with E-state index in [1.165, 1.54) is 0 Å². The summed E-state index contributed by atoms with van der Waals surface area (Å²) >= 11 is 0. The largest absolute Gasteiger partial charge is 0.496 e. The van der Waals surface area contributed by atoms with E-state index >= 15 is 0 Å².